The second-order valence-corrected chi connectivity index (χ2v) is 6.39. The number of para-hydroxylation sites is 2. The highest BCUT2D eigenvalue weighted by Gasteiger charge is 2.12. The summed E-state index contributed by atoms with van der Waals surface area (Å²) in [4.78, 5) is 28.9. The number of nitrogens with zero attached hydrogens (tertiary/aromatic N) is 1. The molecule has 0 bridgehead atoms. The van der Waals surface area contributed by atoms with Crippen LogP contribution in [0.15, 0.2) is 71.3 Å². The molecule has 2 N–H and O–H groups in total. The summed E-state index contributed by atoms with van der Waals surface area (Å²) in [6.07, 6.45) is 2.28. The average molecular weight is 373 g/mol. The van der Waals surface area contributed by atoms with Crippen molar-refractivity contribution in [2.75, 3.05) is 13.1 Å². The van der Waals surface area contributed by atoms with Crippen LogP contribution in [0.25, 0.3) is 21.9 Å². The van der Waals surface area contributed by atoms with E-state index in [1.165, 1.54) is 0 Å². The maximum Gasteiger partial charge on any atom is 0.287 e. The van der Waals surface area contributed by atoms with Crippen LogP contribution in [0.5, 0.6) is 0 Å². The van der Waals surface area contributed by atoms with Crippen LogP contribution < -0.4 is 10.6 Å². The minimum atomic E-state index is -0.263. The van der Waals surface area contributed by atoms with Crippen molar-refractivity contribution in [3.8, 4) is 0 Å². The van der Waals surface area contributed by atoms with Crippen molar-refractivity contribution in [2.45, 2.75) is 6.42 Å². The van der Waals surface area contributed by atoms with Crippen molar-refractivity contribution >= 4 is 33.7 Å². The summed E-state index contributed by atoms with van der Waals surface area (Å²) < 4.78 is 5.54. The van der Waals surface area contributed by atoms with Crippen LogP contribution >= 0.6 is 0 Å². The summed E-state index contributed by atoms with van der Waals surface area (Å²) in [5, 5.41) is 7.50. The zero-order chi connectivity index (χ0) is 19.3. The third-order valence-electron chi connectivity index (χ3n) is 4.45. The third-order valence-corrected chi connectivity index (χ3v) is 4.45. The molecule has 0 fully saturated rings. The highest BCUT2D eigenvalue weighted by atomic mass is 16.3. The average Bonchev–Trinajstić information content (AvgIpc) is 3.17. The Labute approximate surface area is 161 Å². The van der Waals surface area contributed by atoms with Crippen LogP contribution in [-0.4, -0.2) is 29.9 Å². The molecule has 0 atom stereocenters. The summed E-state index contributed by atoms with van der Waals surface area (Å²) in [6.45, 7) is 0.881. The molecule has 2 amide bonds. The van der Waals surface area contributed by atoms with Gasteiger partial charge < -0.3 is 15.1 Å². The van der Waals surface area contributed by atoms with Crippen molar-refractivity contribution < 1.29 is 14.0 Å². The number of fused-ring (bicyclic) bond motifs is 2. The molecule has 0 saturated carbocycles. The molecule has 0 saturated heterocycles. The van der Waals surface area contributed by atoms with E-state index in [0.717, 1.165) is 10.8 Å². The summed E-state index contributed by atoms with van der Waals surface area (Å²) >= 11 is 0. The number of rotatable bonds is 6. The van der Waals surface area contributed by atoms with Crippen LogP contribution in [0.1, 0.15) is 27.3 Å². The summed E-state index contributed by atoms with van der Waals surface area (Å²) in [7, 11) is 0. The summed E-state index contributed by atoms with van der Waals surface area (Å²) in [5.74, 6) is -0.152. The molecule has 6 heteroatoms. The topological polar surface area (TPSA) is 84.2 Å². The SMILES string of the molecule is O=C(NCCCNC(=O)c1cccc2cccnc12)c1cc2ccccc2o1. The van der Waals surface area contributed by atoms with Gasteiger partial charge in [-0.15, -0.1) is 0 Å². The molecule has 2 aromatic carbocycles. The Kier molecular flexibility index (Phi) is 5.01. The molecule has 4 aromatic rings. The number of carbonyl (C=O) groups excluding carboxylic acids is 2. The van der Waals surface area contributed by atoms with Gasteiger partial charge in [0.25, 0.3) is 11.8 Å². The number of aromatic nitrogens is 1. The predicted molar refractivity (Wildman–Crippen MR) is 107 cm³/mol. The number of furan rings is 1. The van der Waals surface area contributed by atoms with Crippen LogP contribution in [-0.2, 0) is 0 Å². The number of hydrogen-bond acceptors (Lipinski definition) is 4. The number of nitrogens with one attached hydrogen (secondary N) is 2. The minimum absolute atomic E-state index is 0.173. The van der Waals surface area contributed by atoms with Gasteiger partial charge in [0.2, 0.25) is 0 Å². The summed E-state index contributed by atoms with van der Waals surface area (Å²) in [6, 6.07) is 18.5. The molecule has 2 heterocycles. The van der Waals surface area contributed by atoms with Crippen molar-refractivity contribution in [1.29, 1.82) is 0 Å². The lowest BCUT2D eigenvalue weighted by atomic mass is 10.1. The van der Waals surface area contributed by atoms with Gasteiger partial charge in [-0.25, -0.2) is 0 Å². The van der Waals surface area contributed by atoms with Gasteiger partial charge in [-0.2, -0.15) is 0 Å². The third kappa shape index (κ3) is 3.71. The monoisotopic (exact) mass is 373 g/mol. The Hall–Kier alpha value is -3.67. The van der Waals surface area contributed by atoms with Gasteiger partial charge in [-0.3, -0.25) is 14.6 Å². The second-order valence-electron chi connectivity index (χ2n) is 6.39. The van der Waals surface area contributed by atoms with Crippen molar-refractivity contribution in [3.63, 3.8) is 0 Å². The minimum Gasteiger partial charge on any atom is -0.451 e. The van der Waals surface area contributed by atoms with Crippen LogP contribution in [0.3, 0.4) is 0 Å². The molecule has 0 aliphatic heterocycles. The van der Waals surface area contributed by atoms with Gasteiger partial charge in [0.1, 0.15) is 5.58 Å². The van der Waals surface area contributed by atoms with Gasteiger partial charge in [0, 0.05) is 30.1 Å². The van der Waals surface area contributed by atoms with Crippen LogP contribution in [0, 0.1) is 0 Å². The zero-order valence-electron chi connectivity index (χ0n) is 15.1. The van der Waals surface area contributed by atoms with Crippen molar-refractivity contribution in [3.05, 3.63) is 78.2 Å². The van der Waals surface area contributed by atoms with E-state index in [4.69, 9.17) is 4.42 Å². The van der Waals surface area contributed by atoms with E-state index in [-0.39, 0.29) is 17.6 Å². The molecule has 0 aliphatic carbocycles. The van der Waals surface area contributed by atoms with Gasteiger partial charge in [0.05, 0.1) is 11.1 Å². The highest BCUT2D eigenvalue weighted by Crippen LogP contribution is 2.18. The Morgan fingerprint density at radius 2 is 1.61 bits per heavy atom. The largest absolute Gasteiger partial charge is 0.451 e. The molecule has 0 spiro atoms. The lowest BCUT2D eigenvalue weighted by Gasteiger charge is -2.08. The van der Waals surface area contributed by atoms with E-state index in [9.17, 15) is 9.59 Å². The number of benzene rings is 2. The van der Waals surface area contributed by atoms with Gasteiger partial charge in [-0.05, 0) is 30.7 Å². The lowest BCUT2D eigenvalue weighted by Crippen LogP contribution is -2.29. The fourth-order valence-corrected chi connectivity index (χ4v) is 3.06. The fourth-order valence-electron chi connectivity index (χ4n) is 3.06. The van der Waals surface area contributed by atoms with Gasteiger partial charge in [-0.1, -0.05) is 36.4 Å². The maximum atomic E-state index is 12.4. The molecule has 0 unspecified atom stereocenters. The quantitative estimate of drug-likeness (QED) is 0.507. The fraction of sp³-hybridized carbons (Fsp3) is 0.136. The highest BCUT2D eigenvalue weighted by molar-refractivity contribution is 6.05. The molecule has 6 nitrogen and oxygen atoms in total. The molecular weight excluding hydrogens is 354 g/mol. The Morgan fingerprint density at radius 3 is 2.46 bits per heavy atom. The Bertz CT molecular complexity index is 1110. The van der Waals surface area contributed by atoms with Crippen molar-refractivity contribution in [1.82, 2.24) is 15.6 Å². The predicted octanol–water partition coefficient (Wildman–Crippen LogP) is 3.53. The van der Waals surface area contributed by atoms with Crippen LogP contribution in [0.2, 0.25) is 0 Å². The first-order valence-electron chi connectivity index (χ1n) is 9.11. The number of amides is 2. The molecule has 4 rings (SSSR count). The van der Waals surface area contributed by atoms with E-state index < -0.39 is 0 Å². The standard InChI is InChI=1S/C22H19N3O3/c26-21(17-9-3-7-15-8-4-11-23-20(15)17)24-12-5-13-25-22(27)19-14-16-6-1-2-10-18(16)28-19/h1-4,6-11,14H,5,12-13H2,(H,24,26)(H,25,27). The van der Waals surface area contributed by atoms with E-state index >= 15 is 0 Å². The zero-order valence-corrected chi connectivity index (χ0v) is 15.1. The maximum absolute atomic E-state index is 12.4. The van der Waals surface area contributed by atoms with Crippen LogP contribution in [0.4, 0.5) is 0 Å². The molecule has 0 radical (unpaired) electrons. The van der Waals surface area contributed by atoms with Crippen molar-refractivity contribution in [2.24, 2.45) is 0 Å². The van der Waals surface area contributed by atoms with E-state index in [0.29, 0.717) is 36.2 Å². The van der Waals surface area contributed by atoms with Gasteiger partial charge in [0.15, 0.2) is 5.76 Å². The Morgan fingerprint density at radius 1 is 0.857 bits per heavy atom. The second kappa shape index (κ2) is 7.92. The number of carbonyl (C=O) groups is 2. The molecule has 140 valence electrons. The molecule has 2 aromatic heterocycles. The summed E-state index contributed by atoms with van der Waals surface area (Å²) in [5.41, 5.74) is 1.91. The smallest absolute Gasteiger partial charge is 0.287 e. The molecule has 28 heavy (non-hydrogen) atoms. The van der Waals surface area contributed by atoms with E-state index in [1.807, 2.05) is 48.5 Å². The first kappa shape index (κ1) is 17.7. The van der Waals surface area contributed by atoms with Gasteiger partial charge >= 0.3 is 0 Å². The van der Waals surface area contributed by atoms with E-state index in [2.05, 4.69) is 15.6 Å². The lowest BCUT2D eigenvalue weighted by molar-refractivity contribution is 0.0927. The van der Waals surface area contributed by atoms with E-state index in [1.54, 1.807) is 18.3 Å². The Balaban J connectivity index is 1.27. The molecular formula is C22H19N3O3. The normalized spacial score (nSPS) is 10.9. The molecule has 0 aliphatic rings. The number of pyridine rings is 1. The number of hydrogen-bond donors (Lipinski definition) is 2. The first-order valence-corrected chi connectivity index (χ1v) is 9.11. The first-order chi connectivity index (χ1) is 13.7.